The van der Waals surface area contributed by atoms with E-state index >= 15 is 0 Å². The number of hydrogen-bond donors (Lipinski definition) is 1. The molecular formula is C24H51NaO5S. The summed E-state index contributed by atoms with van der Waals surface area (Å²) in [4.78, 5) is 0. The standard InChI is InChI=1S/C12H26O4S.C12H26O.Na/c1-2-3-4-5-6-7-8-9-10-11-12-16-17(13,14)15;1-2-3-4-5-6-7-8-9-10-11-12-13;/h2-12H2,1H3,(H,13,14,15);13H,2-12H2,1H3;/q;;+1/p-1. The van der Waals surface area contributed by atoms with E-state index < -0.39 is 10.4 Å². The van der Waals surface area contributed by atoms with E-state index in [0.29, 0.717) is 13.0 Å². The van der Waals surface area contributed by atoms with Crippen molar-refractivity contribution in [3.8, 4) is 0 Å². The van der Waals surface area contributed by atoms with Crippen LogP contribution in [0.3, 0.4) is 0 Å². The van der Waals surface area contributed by atoms with E-state index in [4.69, 9.17) is 5.11 Å². The molecule has 0 heterocycles. The summed E-state index contributed by atoms with van der Waals surface area (Å²) in [7, 11) is -4.48. The molecule has 0 rings (SSSR count). The minimum Gasteiger partial charge on any atom is -0.726 e. The first-order chi connectivity index (χ1) is 14.5. The minimum atomic E-state index is -4.48. The summed E-state index contributed by atoms with van der Waals surface area (Å²) < 4.78 is 34.5. The van der Waals surface area contributed by atoms with Crippen molar-refractivity contribution in [2.75, 3.05) is 13.2 Å². The van der Waals surface area contributed by atoms with Crippen molar-refractivity contribution < 1.29 is 51.8 Å². The molecule has 0 radical (unpaired) electrons. The summed E-state index contributed by atoms with van der Waals surface area (Å²) in [5.74, 6) is 0. The molecule has 1 N–H and O–H groups in total. The second-order valence-corrected chi connectivity index (χ2v) is 9.37. The normalized spacial score (nSPS) is 11.0. The van der Waals surface area contributed by atoms with Gasteiger partial charge in [0, 0.05) is 6.61 Å². The van der Waals surface area contributed by atoms with Gasteiger partial charge in [0.1, 0.15) is 0 Å². The number of unbranched alkanes of at least 4 members (excludes halogenated alkanes) is 18. The van der Waals surface area contributed by atoms with Gasteiger partial charge < -0.3 is 9.66 Å². The Labute approximate surface area is 216 Å². The quantitative estimate of drug-likeness (QED) is 0.109. The van der Waals surface area contributed by atoms with Gasteiger partial charge in [-0.1, -0.05) is 129 Å². The minimum absolute atomic E-state index is 0. The smallest absolute Gasteiger partial charge is 0.726 e. The van der Waals surface area contributed by atoms with E-state index in [2.05, 4.69) is 18.0 Å². The molecule has 184 valence electrons. The van der Waals surface area contributed by atoms with Gasteiger partial charge in [0.25, 0.3) is 0 Å². The zero-order chi connectivity index (χ0) is 22.8. The molecule has 31 heavy (non-hydrogen) atoms. The summed E-state index contributed by atoms with van der Waals surface area (Å²) >= 11 is 0. The van der Waals surface area contributed by atoms with Gasteiger partial charge in [0.05, 0.1) is 6.61 Å². The fraction of sp³-hybridized carbons (Fsp3) is 1.00. The molecule has 0 aliphatic heterocycles. The van der Waals surface area contributed by atoms with Gasteiger partial charge in [-0.25, -0.2) is 8.42 Å². The van der Waals surface area contributed by atoms with Crippen molar-refractivity contribution in [3.05, 3.63) is 0 Å². The summed E-state index contributed by atoms with van der Waals surface area (Å²) in [6, 6.07) is 0. The number of aliphatic hydroxyl groups is 1. The number of rotatable bonds is 22. The van der Waals surface area contributed by atoms with Crippen LogP contribution >= 0.6 is 0 Å². The molecule has 0 aliphatic rings. The Kier molecular flexibility index (Phi) is 36.2. The van der Waals surface area contributed by atoms with Gasteiger partial charge in [-0.2, -0.15) is 0 Å². The molecule has 0 atom stereocenters. The first-order valence-corrected chi connectivity index (χ1v) is 14.0. The van der Waals surface area contributed by atoms with E-state index in [1.54, 1.807) is 0 Å². The summed E-state index contributed by atoms with van der Waals surface area (Å²) in [5, 5.41) is 8.57. The maximum Gasteiger partial charge on any atom is 1.00 e. The predicted molar refractivity (Wildman–Crippen MR) is 126 cm³/mol. The fourth-order valence-electron chi connectivity index (χ4n) is 3.35. The molecule has 0 saturated heterocycles. The topological polar surface area (TPSA) is 86.7 Å². The third-order valence-corrected chi connectivity index (χ3v) is 5.69. The van der Waals surface area contributed by atoms with E-state index in [1.807, 2.05) is 0 Å². The number of aliphatic hydroxyl groups excluding tert-OH is 1. The Morgan fingerprint density at radius 3 is 1.16 bits per heavy atom. The Bertz CT molecular complexity index is 395. The molecule has 7 heteroatoms. The van der Waals surface area contributed by atoms with Crippen molar-refractivity contribution >= 4 is 10.4 Å². The van der Waals surface area contributed by atoms with E-state index in [1.165, 1.54) is 103 Å². The van der Waals surface area contributed by atoms with Crippen LogP contribution in [0.25, 0.3) is 0 Å². The third kappa shape index (κ3) is 41.6. The average Bonchev–Trinajstić information content (AvgIpc) is 2.70. The second-order valence-electron chi connectivity index (χ2n) is 8.32. The van der Waals surface area contributed by atoms with Crippen molar-refractivity contribution in [2.24, 2.45) is 0 Å². The first kappa shape index (κ1) is 36.4. The van der Waals surface area contributed by atoms with Crippen molar-refractivity contribution in [1.82, 2.24) is 0 Å². The molecule has 5 nitrogen and oxygen atoms in total. The zero-order valence-corrected chi connectivity index (χ0v) is 23.9. The molecule has 0 aromatic carbocycles. The van der Waals surface area contributed by atoms with Crippen LogP contribution in [0.1, 0.15) is 142 Å². The van der Waals surface area contributed by atoms with E-state index in [-0.39, 0.29) is 36.2 Å². The molecule has 0 aromatic heterocycles. The predicted octanol–water partition coefficient (Wildman–Crippen LogP) is 4.29. The van der Waals surface area contributed by atoms with Crippen molar-refractivity contribution in [1.29, 1.82) is 0 Å². The monoisotopic (exact) mass is 474 g/mol. The van der Waals surface area contributed by atoms with Gasteiger partial charge in [-0.15, -0.1) is 0 Å². The largest absolute Gasteiger partial charge is 1.00 e. The third-order valence-electron chi connectivity index (χ3n) is 5.24. The van der Waals surface area contributed by atoms with Gasteiger partial charge in [-0.3, -0.25) is 4.18 Å². The van der Waals surface area contributed by atoms with E-state index in [9.17, 15) is 13.0 Å². The molecule has 0 bridgehead atoms. The maximum absolute atomic E-state index is 10.1. The molecular weight excluding hydrogens is 423 g/mol. The summed E-state index contributed by atoms with van der Waals surface area (Å²) in [5.41, 5.74) is 0. The van der Waals surface area contributed by atoms with Crippen molar-refractivity contribution in [2.45, 2.75) is 142 Å². The first-order valence-electron chi connectivity index (χ1n) is 12.7. The van der Waals surface area contributed by atoms with Crippen LogP contribution in [0.15, 0.2) is 0 Å². The second kappa shape index (κ2) is 30.8. The van der Waals surface area contributed by atoms with Crippen LogP contribution in [0.4, 0.5) is 0 Å². The molecule has 0 unspecified atom stereocenters. The maximum atomic E-state index is 10.1. The molecule has 0 spiro atoms. The van der Waals surface area contributed by atoms with Crippen LogP contribution in [-0.2, 0) is 14.6 Å². The Morgan fingerprint density at radius 1 is 0.581 bits per heavy atom. The van der Waals surface area contributed by atoms with Crippen LogP contribution in [0.2, 0.25) is 0 Å². The Morgan fingerprint density at radius 2 is 0.871 bits per heavy atom. The molecule has 0 aromatic rings. The van der Waals surface area contributed by atoms with Crippen LogP contribution in [0.5, 0.6) is 0 Å². The van der Waals surface area contributed by atoms with Crippen LogP contribution < -0.4 is 29.6 Å². The number of hydrogen-bond acceptors (Lipinski definition) is 5. The SMILES string of the molecule is CCCCCCCCCCCCO.CCCCCCCCCCCCOS(=O)(=O)[O-].[Na+]. The molecule has 0 fully saturated rings. The summed E-state index contributed by atoms with van der Waals surface area (Å²) in [6.07, 6.45) is 25.0. The fourth-order valence-corrected chi connectivity index (χ4v) is 3.67. The molecule has 0 saturated carbocycles. The van der Waals surface area contributed by atoms with Crippen molar-refractivity contribution in [3.63, 3.8) is 0 Å². The van der Waals surface area contributed by atoms with Gasteiger partial charge >= 0.3 is 29.6 Å². The zero-order valence-electron chi connectivity index (χ0n) is 21.0. The Hall–Kier alpha value is 0.830. The molecule has 0 aliphatic carbocycles. The van der Waals surface area contributed by atoms with Gasteiger partial charge in [-0.05, 0) is 12.8 Å². The van der Waals surface area contributed by atoms with Crippen LogP contribution in [0, 0.1) is 0 Å². The summed E-state index contributed by atoms with van der Waals surface area (Å²) in [6.45, 7) is 4.87. The van der Waals surface area contributed by atoms with E-state index in [0.717, 1.165) is 19.3 Å². The average molecular weight is 475 g/mol. The van der Waals surface area contributed by atoms with Crippen LogP contribution in [-0.4, -0.2) is 31.3 Å². The van der Waals surface area contributed by atoms with Gasteiger partial charge in [0.15, 0.2) is 0 Å². The van der Waals surface area contributed by atoms with Gasteiger partial charge in [0.2, 0.25) is 10.4 Å². The molecule has 0 amide bonds. The Balaban J connectivity index is -0.000000507.